The van der Waals surface area contributed by atoms with Gasteiger partial charge in [-0.2, -0.15) is 13.2 Å². The van der Waals surface area contributed by atoms with Crippen molar-refractivity contribution in [2.75, 3.05) is 66.6 Å². The molecule has 1 aromatic carbocycles. The molecule has 0 bridgehead atoms. The van der Waals surface area contributed by atoms with Crippen molar-refractivity contribution in [2.24, 2.45) is 0 Å². The molecule has 8 heteroatoms. The quantitative estimate of drug-likeness (QED) is 0.648. The van der Waals surface area contributed by atoms with Crippen LogP contribution in [0.1, 0.15) is 12.5 Å². The largest absolute Gasteiger partial charge is 0.490 e. The molecule has 0 N–H and O–H groups in total. The lowest BCUT2D eigenvalue weighted by Crippen LogP contribution is -2.48. The summed E-state index contributed by atoms with van der Waals surface area (Å²) in [4.78, 5) is 5.68. The van der Waals surface area contributed by atoms with Crippen LogP contribution in [-0.2, 0) is 6.54 Å². The van der Waals surface area contributed by atoms with E-state index in [4.69, 9.17) is 9.47 Å². The van der Waals surface area contributed by atoms with Crippen molar-refractivity contribution < 1.29 is 22.6 Å². The Morgan fingerprint density at radius 3 is 2.26 bits per heavy atom. The van der Waals surface area contributed by atoms with Gasteiger partial charge in [-0.05, 0) is 38.7 Å². The Bertz CT molecular complexity index is 574. The minimum atomic E-state index is -4.13. The smallest absolute Gasteiger partial charge is 0.401 e. The van der Waals surface area contributed by atoms with Crippen LogP contribution in [0, 0.1) is 0 Å². The minimum absolute atomic E-state index is 0.434. The summed E-state index contributed by atoms with van der Waals surface area (Å²) in [5.74, 6) is 1.43. The monoisotopic (exact) mass is 389 g/mol. The standard InChI is InChI=1S/C19H30F3N3O2/c1-4-26-18-13-16(5-6-17(18)27-12-11-23(2)3)14-24-7-9-25(10-8-24)15-19(20,21)22/h5-6,13H,4,7-12,14-15H2,1-3H3. The zero-order valence-corrected chi connectivity index (χ0v) is 16.4. The molecule has 0 amide bonds. The highest BCUT2D eigenvalue weighted by atomic mass is 19.4. The Morgan fingerprint density at radius 2 is 1.67 bits per heavy atom. The maximum Gasteiger partial charge on any atom is 0.401 e. The summed E-state index contributed by atoms with van der Waals surface area (Å²) in [5.41, 5.74) is 1.07. The fourth-order valence-electron chi connectivity index (χ4n) is 2.99. The van der Waals surface area contributed by atoms with Crippen LogP contribution in [0.15, 0.2) is 18.2 Å². The molecule has 0 spiro atoms. The molecule has 0 unspecified atom stereocenters. The molecule has 0 saturated carbocycles. The molecule has 0 radical (unpaired) electrons. The first kappa shape index (κ1) is 21.8. The van der Waals surface area contributed by atoms with E-state index in [9.17, 15) is 13.2 Å². The SMILES string of the molecule is CCOc1cc(CN2CCN(CC(F)(F)F)CC2)ccc1OCCN(C)C. The maximum atomic E-state index is 12.5. The Balaban J connectivity index is 1.90. The fraction of sp³-hybridized carbons (Fsp3) is 0.684. The first-order valence-corrected chi connectivity index (χ1v) is 9.31. The summed E-state index contributed by atoms with van der Waals surface area (Å²) in [6.07, 6.45) is -4.13. The summed E-state index contributed by atoms with van der Waals surface area (Å²) in [6.45, 7) is 5.85. The number of halogens is 3. The Kier molecular flexibility index (Phi) is 8.19. The lowest BCUT2D eigenvalue weighted by atomic mass is 10.1. The fourth-order valence-corrected chi connectivity index (χ4v) is 2.99. The number of nitrogens with zero attached hydrogens (tertiary/aromatic N) is 3. The van der Waals surface area contributed by atoms with Crippen molar-refractivity contribution in [3.8, 4) is 11.5 Å². The Morgan fingerprint density at radius 1 is 1.00 bits per heavy atom. The van der Waals surface area contributed by atoms with Gasteiger partial charge in [0.05, 0.1) is 13.2 Å². The molecule has 27 heavy (non-hydrogen) atoms. The van der Waals surface area contributed by atoms with Crippen LogP contribution in [0.25, 0.3) is 0 Å². The van der Waals surface area contributed by atoms with Crippen LogP contribution in [0.2, 0.25) is 0 Å². The van der Waals surface area contributed by atoms with Gasteiger partial charge in [-0.15, -0.1) is 0 Å². The summed E-state index contributed by atoms with van der Waals surface area (Å²) in [5, 5.41) is 0. The predicted octanol–water partition coefficient (Wildman–Crippen LogP) is 2.71. The van der Waals surface area contributed by atoms with E-state index in [-0.39, 0.29) is 0 Å². The van der Waals surface area contributed by atoms with Gasteiger partial charge in [0.2, 0.25) is 0 Å². The number of hydrogen-bond acceptors (Lipinski definition) is 5. The third-order valence-corrected chi connectivity index (χ3v) is 4.38. The molecular weight excluding hydrogens is 359 g/mol. The van der Waals surface area contributed by atoms with E-state index in [0.29, 0.717) is 51.7 Å². The predicted molar refractivity (Wildman–Crippen MR) is 99.4 cm³/mol. The molecule has 1 heterocycles. The van der Waals surface area contributed by atoms with E-state index in [1.807, 2.05) is 44.1 Å². The average molecular weight is 389 g/mol. The molecule has 0 aliphatic carbocycles. The van der Waals surface area contributed by atoms with E-state index >= 15 is 0 Å². The van der Waals surface area contributed by atoms with E-state index in [2.05, 4.69) is 4.90 Å². The first-order valence-electron chi connectivity index (χ1n) is 9.31. The molecule has 0 aromatic heterocycles. The zero-order chi connectivity index (χ0) is 19.9. The van der Waals surface area contributed by atoms with Crippen molar-refractivity contribution in [3.63, 3.8) is 0 Å². The second-order valence-corrected chi connectivity index (χ2v) is 7.03. The van der Waals surface area contributed by atoms with Crippen molar-refractivity contribution >= 4 is 0 Å². The molecule has 2 rings (SSSR count). The number of piperazine rings is 1. The highest BCUT2D eigenvalue weighted by molar-refractivity contribution is 5.43. The Labute approximate surface area is 159 Å². The third kappa shape index (κ3) is 7.94. The zero-order valence-electron chi connectivity index (χ0n) is 16.4. The van der Waals surface area contributed by atoms with Gasteiger partial charge in [0, 0.05) is 39.3 Å². The average Bonchev–Trinajstić information content (AvgIpc) is 2.57. The van der Waals surface area contributed by atoms with Crippen LogP contribution >= 0.6 is 0 Å². The molecular formula is C19H30F3N3O2. The second-order valence-electron chi connectivity index (χ2n) is 7.03. The summed E-state index contributed by atoms with van der Waals surface area (Å²) >= 11 is 0. The molecule has 154 valence electrons. The van der Waals surface area contributed by atoms with E-state index < -0.39 is 12.7 Å². The molecule has 1 aliphatic rings. The normalized spacial score (nSPS) is 16.7. The highest BCUT2D eigenvalue weighted by Gasteiger charge is 2.32. The minimum Gasteiger partial charge on any atom is -0.490 e. The molecule has 1 aliphatic heterocycles. The van der Waals surface area contributed by atoms with Crippen LogP contribution in [-0.4, -0.2) is 87.5 Å². The molecule has 5 nitrogen and oxygen atoms in total. The van der Waals surface area contributed by atoms with Gasteiger partial charge in [0.1, 0.15) is 6.61 Å². The summed E-state index contributed by atoms with van der Waals surface area (Å²) in [7, 11) is 3.98. The van der Waals surface area contributed by atoms with Crippen LogP contribution in [0.5, 0.6) is 11.5 Å². The maximum absolute atomic E-state index is 12.5. The van der Waals surface area contributed by atoms with Crippen molar-refractivity contribution in [2.45, 2.75) is 19.6 Å². The lowest BCUT2D eigenvalue weighted by molar-refractivity contribution is -0.149. The molecule has 1 fully saturated rings. The topological polar surface area (TPSA) is 28.2 Å². The summed E-state index contributed by atoms with van der Waals surface area (Å²) in [6, 6.07) is 5.88. The van der Waals surface area contributed by atoms with Gasteiger partial charge >= 0.3 is 6.18 Å². The molecule has 1 aromatic rings. The van der Waals surface area contributed by atoms with Crippen LogP contribution in [0.4, 0.5) is 13.2 Å². The van der Waals surface area contributed by atoms with Crippen molar-refractivity contribution in [3.05, 3.63) is 23.8 Å². The van der Waals surface area contributed by atoms with Gasteiger partial charge in [-0.3, -0.25) is 9.80 Å². The van der Waals surface area contributed by atoms with Gasteiger partial charge in [-0.1, -0.05) is 6.07 Å². The van der Waals surface area contributed by atoms with Crippen molar-refractivity contribution in [1.29, 1.82) is 0 Å². The van der Waals surface area contributed by atoms with E-state index in [0.717, 1.165) is 17.9 Å². The number of hydrogen-bond donors (Lipinski definition) is 0. The van der Waals surface area contributed by atoms with E-state index in [1.54, 1.807) is 0 Å². The van der Waals surface area contributed by atoms with Gasteiger partial charge in [0.25, 0.3) is 0 Å². The third-order valence-electron chi connectivity index (χ3n) is 4.38. The number of benzene rings is 1. The van der Waals surface area contributed by atoms with Gasteiger partial charge in [-0.25, -0.2) is 0 Å². The van der Waals surface area contributed by atoms with Crippen LogP contribution < -0.4 is 9.47 Å². The number of rotatable bonds is 9. The number of ether oxygens (including phenoxy) is 2. The highest BCUT2D eigenvalue weighted by Crippen LogP contribution is 2.29. The number of alkyl halides is 3. The van der Waals surface area contributed by atoms with Gasteiger partial charge < -0.3 is 14.4 Å². The van der Waals surface area contributed by atoms with Crippen molar-refractivity contribution in [1.82, 2.24) is 14.7 Å². The number of likely N-dealkylation sites (N-methyl/N-ethyl adjacent to an activating group) is 1. The summed E-state index contributed by atoms with van der Waals surface area (Å²) < 4.78 is 49.0. The lowest BCUT2D eigenvalue weighted by Gasteiger charge is -2.35. The second kappa shape index (κ2) is 10.1. The Hall–Kier alpha value is -1.51. The van der Waals surface area contributed by atoms with E-state index in [1.165, 1.54) is 4.90 Å². The molecule has 1 saturated heterocycles. The van der Waals surface area contributed by atoms with Crippen LogP contribution in [0.3, 0.4) is 0 Å². The first-order chi connectivity index (χ1) is 12.8. The van der Waals surface area contributed by atoms with Gasteiger partial charge in [0.15, 0.2) is 11.5 Å². The molecule has 0 atom stereocenters.